The highest BCUT2D eigenvalue weighted by molar-refractivity contribution is 9.10. The molecule has 7 nitrogen and oxygen atoms in total. The fourth-order valence-corrected chi connectivity index (χ4v) is 1.98. The van der Waals surface area contributed by atoms with Crippen molar-refractivity contribution < 1.29 is 24.5 Å². The molecule has 2 atom stereocenters. The van der Waals surface area contributed by atoms with Gasteiger partial charge in [-0.05, 0) is 41.1 Å². The van der Waals surface area contributed by atoms with Crippen molar-refractivity contribution in [2.75, 3.05) is 12.4 Å². The Morgan fingerprint density at radius 2 is 2.05 bits per heavy atom. The maximum atomic E-state index is 11.7. The van der Waals surface area contributed by atoms with Gasteiger partial charge in [-0.3, -0.25) is 0 Å². The van der Waals surface area contributed by atoms with E-state index in [1.165, 1.54) is 14.0 Å². The van der Waals surface area contributed by atoms with Crippen molar-refractivity contribution in [1.29, 1.82) is 0 Å². The van der Waals surface area contributed by atoms with Crippen LogP contribution in [-0.4, -0.2) is 41.5 Å². The van der Waals surface area contributed by atoms with Crippen LogP contribution in [0.15, 0.2) is 22.7 Å². The molecule has 2 amide bonds. The molecule has 0 aliphatic heterocycles. The standard InChI is InChI=1S/C12H15BrN2O5/c1-6(16)10(11(17)18)15-12(19)14-7-3-4-9(20-2)8(13)5-7/h3-6,10,16H,1-2H3,(H,17,18)(H2,14,15,19)/t6-,10+/m1/s1. The van der Waals surface area contributed by atoms with Crippen LogP contribution in [0.4, 0.5) is 10.5 Å². The highest BCUT2D eigenvalue weighted by Crippen LogP contribution is 2.27. The van der Waals surface area contributed by atoms with Crippen LogP contribution in [-0.2, 0) is 4.79 Å². The van der Waals surface area contributed by atoms with Gasteiger partial charge >= 0.3 is 12.0 Å². The number of rotatable bonds is 5. The van der Waals surface area contributed by atoms with Crippen molar-refractivity contribution in [3.05, 3.63) is 22.7 Å². The number of aliphatic hydroxyl groups is 1. The van der Waals surface area contributed by atoms with Gasteiger partial charge in [-0.1, -0.05) is 0 Å². The lowest BCUT2D eigenvalue weighted by Crippen LogP contribution is -2.49. The molecule has 0 radical (unpaired) electrons. The average Bonchev–Trinajstić information content (AvgIpc) is 2.35. The third kappa shape index (κ3) is 4.39. The molecule has 0 aliphatic carbocycles. The van der Waals surface area contributed by atoms with Crippen molar-refractivity contribution in [1.82, 2.24) is 5.32 Å². The molecule has 1 rings (SSSR count). The number of benzene rings is 1. The zero-order valence-corrected chi connectivity index (χ0v) is 12.5. The first-order chi connectivity index (χ1) is 9.35. The molecule has 0 bridgehead atoms. The lowest BCUT2D eigenvalue weighted by Gasteiger charge is -2.17. The van der Waals surface area contributed by atoms with Crippen LogP contribution in [0.25, 0.3) is 0 Å². The number of anilines is 1. The molecule has 0 aromatic heterocycles. The van der Waals surface area contributed by atoms with Gasteiger partial charge in [0.05, 0.1) is 17.7 Å². The normalized spacial score (nSPS) is 13.2. The molecule has 20 heavy (non-hydrogen) atoms. The van der Waals surface area contributed by atoms with Crippen LogP contribution in [0.1, 0.15) is 6.92 Å². The van der Waals surface area contributed by atoms with E-state index in [2.05, 4.69) is 26.6 Å². The third-order valence-electron chi connectivity index (χ3n) is 2.44. The molecule has 8 heteroatoms. The number of nitrogens with one attached hydrogen (secondary N) is 2. The Labute approximate surface area is 124 Å². The number of aliphatic hydroxyl groups excluding tert-OH is 1. The molecule has 1 aromatic rings. The third-order valence-corrected chi connectivity index (χ3v) is 3.06. The molecule has 4 N–H and O–H groups in total. The number of hydrogen-bond acceptors (Lipinski definition) is 4. The molecule has 0 unspecified atom stereocenters. The van der Waals surface area contributed by atoms with Crippen molar-refractivity contribution in [3.63, 3.8) is 0 Å². The second-order valence-corrected chi connectivity index (χ2v) is 4.86. The molecular weight excluding hydrogens is 332 g/mol. The van der Waals surface area contributed by atoms with Gasteiger partial charge in [-0.15, -0.1) is 0 Å². The Balaban J connectivity index is 2.71. The van der Waals surface area contributed by atoms with E-state index in [4.69, 9.17) is 9.84 Å². The monoisotopic (exact) mass is 346 g/mol. The minimum absolute atomic E-state index is 0.449. The second-order valence-electron chi connectivity index (χ2n) is 4.00. The summed E-state index contributed by atoms with van der Waals surface area (Å²) in [6.07, 6.45) is -1.21. The van der Waals surface area contributed by atoms with Crippen LogP contribution < -0.4 is 15.4 Å². The molecular formula is C12H15BrN2O5. The number of aliphatic carboxylic acids is 1. The maximum Gasteiger partial charge on any atom is 0.328 e. The molecule has 0 aliphatic rings. The molecule has 1 aromatic carbocycles. The van der Waals surface area contributed by atoms with Crippen molar-refractivity contribution in [2.45, 2.75) is 19.1 Å². The second kappa shape index (κ2) is 7.11. The summed E-state index contributed by atoms with van der Waals surface area (Å²) in [4.78, 5) is 22.5. The number of carboxylic acid groups (broad SMARTS) is 1. The molecule has 0 saturated heterocycles. The summed E-state index contributed by atoms with van der Waals surface area (Å²) < 4.78 is 5.69. The van der Waals surface area contributed by atoms with Crippen molar-refractivity contribution in [2.24, 2.45) is 0 Å². The lowest BCUT2D eigenvalue weighted by atomic mass is 10.2. The quantitative estimate of drug-likeness (QED) is 0.644. The zero-order chi connectivity index (χ0) is 15.3. The summed E-state index contributed by atoms with van der Waals surface area (Å²) in [5.74, 6) is -0.714. The van der Waals surface area contributed by atoms with Crippen LogP contribution >= 0.6 is 15.9 Å². The molecule has 0 heterocycles. The average molecular weight is 347 g/mol. The fraction of sp³-hybridized carbons (Fsp3) is 0.333. The summed E-state index contributed by atoms with van der Waals surface area (Å²) in [6, 6.07) is 2.74. The number of hydrogen-bond donors (Lipinski definition) is 4. The Morgan fingerprint density at radius 3 is 2.50 bits per heavy atom. The van der Waals surface area contributed by atoms with E-state index < -0.39 is 24.1 Å². The largest absolute Gasteiger partial charge is 0.496 e. The van der Waals surface area contributed by atoms with E-state index in [0.29, 0.717) is 15.9 Å². The van der Waals surface area contributed by atoms with E-state index in [1.807, 2.05) is 0 Å². The van der Waals surface area contributed by atoms with E-state index in [0.717, 1.165) is 0 Å². The fourth-order valence-electron chi connectivity index (χ4n) is 1.44. The summed E-state index contributed by atoms with van der Waals surface area (Å²) in [5.41, 5.74) is 0.449. The summed E-state index contributed by atoms with van der Waals surface area (Å²) in [7, 11) is 1.51. The predicted molar refractivity (Wildman–Crippen MR) is 76.0 cm³/mol. The molecule has 110 valence electrons. The molecule has 0 saturated carbocycles. The van der Waals surface area contributed by atoms with Gasteiger partial charge in [-0.2, -0.15) is 0 Å². The number of carbonyl (C=O) groups is 2. The summed E-state index contributed by atoms with van der Waals surface area (Å²) >= 11 is 3.26. The first-order valence-electron chi connectivity index (χ1n) is 5.67. The highest BCUT2D eigenvalue weighted by atomic mass is 79.9. The highest BCUT2D eigenvalue weighted by Gasteiger charge is 2.24. The van der Waals surface area contributed by atoms with E-state index in [-0.39, 0.29) is 0 Å². The minimum Gasteiger partial charge on any atom is -0.496 e. The van der Waals surface area contributed by atoms with Crippen LogP contribution in [0.3, 0.4) is 0 Å². The maximum absolute atomic E-state index is 11.7. The predicted octanol–water partition coefficient (Wildman–Crippen LogP) is 1.41. The van der Waals surface area contributed by atoms with E-state index in [1.54, 1.807) is 18.2 Å². The molecule has 0 spiro atoms. The van der Waals surface area contributed by atoms with Crippen molar-refractivity contribution in [3.8, 4) is 5.75 Å². The Bertz CT molecular complexity index is 507. The Hall–Kier alpha value is -1.80. The number of halogens is 1. The van der Waals surface area contributed by atoms with Crippen LogP contribution in [0.2, 0.25) is 0 Å². The van der Waals surface area contributed by atoms with Gasteiger partial charge in [0, 0.05) is 5.69 Å². The molecule has 0 fully saturated rings. The lowest BCUT2D eigenvalue weighted by molar-refractivity contribution is -0.141. The minimum atomic E-state index is -1.38. The van der Waals surface area contributed by atoms with E-state index in [9.17, 15) is 14.7 Å². The topological polar surface area (TPSA) is 108 Å². The number of urea groups is 1. The van der Waals surface area contributed by atoms with Gasteiger partial charge in [0.15, 0.2) is 6.04 Å². The Kier molecular flexibility index (Phi) is 5.78. The van der Waals surface area contributed by atoms with Gasteiger partial charge < -0.3 is 25.6 Å². The zero-order valence-electron chi connectivity index (χ0n) is 10.9. The van der Waals surface area contributed by atoms with Crippen molar-refractivity contribution >= 4 is 33.6 Å². The SMILES string of the molecule is COc1ccc(NC(=O)N[C@H](C(=O)O)[C@@H](C)O)cc1Br. The summed E-state index contributed by atoms with van der Waals surface area (Å²) in [5, 5.41) is 22.7. The van der Waals surface area contributed by atoms with Gasteiger partial charge in [0.1, 0.15) is 5.75 Å². The Morgan fingerprint density at radius 1 is 1.40 bits per heavy atom. The van der Waals surface area contributed by atoms with Gasteiger partial charge in [0.2, 0.25) is 0 Å². The number of amides is 2. The number of carboxylic acids is 1. The number of methoxy groups -OCH3 is 1. The van der Waals surface area contributed by atoms with Gasteiger partial charge in [-0.25, -0.2) is 9.59 Å². The van der Waals surface area contributed by atoms with Crippen LogP contribution in [0.5, 0.6) is 5.75 Å². The first kappa shape index (κ1) is 16.3. The first-order valence-corrected chi connectivity index (χ1v) is 6.46. The van der Waals surface area contributed by atoms with Gasteiger partial charge in [0.25, 0.3) is 0 Å². The van der Waals surface area contributed by atoms with Crippen LogP contribution in [0, 0.1) is 0 Å². The number of ether oxygens (including phenoxy) is 1. The smallest absolute Gasteiger partial charge is 0.328 e. The van der Waals surface area contributed by atoms with E-state index >= 15 is 0 Å². The number of carbonyl (C=O) groups excluding carboxylic acids is 1. The summed E-state index contributed by atoms with van der Waals surface area (Å²) in [6.45, 7) is 1.28.